The number of aliphatic carboxylic acids is 1. The second-order valence-electron chi connectivity index (χ2n) is 5.33. The van der Waals surface area contributed by atoms with Crippen molar-refractivity contribution in [1.82, 2.24) is 0 Å². The van der Waals surface area contributed by atoms with E-state index in [9.17, 15) is 4.79 Å². The Morgan fingerprint density at radius 3 is 2.36 bits per heavy atom. The molecule has 0 saturated heterocycles. The predicted octanol–water partition coefficient (Wildman–Crippen LogP) is 3.46. The average Bonchev–Trinajstić information content (AvgIpc) is 2.55. The molecule has 0 aliphatic heterocycles. The highest BCUT2D eigenvalue weighted by Crippen LogP contribution is 2.31. The first-order valence-corrected chi connectivity index (χ1v) is 7.21. The zero-order valence-corrected chi connectivity index (χ0v) is 12.1. The van der Waals surface area contributed by atoms with Gasteiger partial charge in [0.05, 0.1) is 0 Å². The molecule has 0 bridgehead atoms. The van der Waals surface area contributed by atoms with Crippen molar-refractivity contribution in [1.29, 1.82) is 0 Å². The Hall–Kier alpha value is -2.65. The highest BCUT2D eigenvalue weighted by molar-refractivity contribution is 5.97. The average molecular weight is 291 g/mol. The summed E-state index contributed by atoms with van der Waals surface area (Å²) in [4.78, 5) is 11.0. The van der Waals surface area contributed by atoms with Crippen LogP contribution in [0.4, 0.5) is 0 Å². The third-order valence-electron chi connectivity index (χ3n) is 3.85. The third-order valence-corrected chi connectivity index (χ3v) is 3.85. The fraction of sp³-hybridized carbons (Fsp3) is 0.105. The Morgan fingerprint density at radius 2 is 1.55 bits per heavy atom. The van der Waals surface area contributed by atoms with Crippen LogP contribution < -0.4 is 5.73 Å². The van der Waals surface area contributed by atoms with Gasteiger partial charge in [0.15, 0.2) is 0 Å². The summed E-state index contributed by atoms with van der Waals surface area (Å²) in [5.74, 6) is -0.979. The van der Waals surface area contributed by atoms with E-state index < -0.39 is 12.0 Å². The number of hydrogen-bond donors (Lipinski definition) is 2. The fourth-order valence-electron chi connectivity index (χ4n) is 2.75. The van der Waals surface area contributed by atoms with E-state index in [0.29, 0.717) is 6.42 Å². The van der Waals surface area contributed by atoms with Crippen molar-refractivity contribution in [2.24, 2.45) is 5.73 Å². The van der Waals surface area contributed by atoms with Crippen molar-refractivity contribution in [2.45, 2.75) is 12.5 Å². The van der Waals surface area contributed by atoms with Crippen molar-refractivity contribution in [3.63, 3.8) is 0 Å². The first kappa shape index (κ1) is 14.3. The SMILES string of the molecule is NC(Cc1ccccc1-c1cccc2ccccc12)C(=O)O. The van der Waals surface area contributed by atoms with Gasteiger partial charge in [0.25, 0.3) is 0 Å². The summed E-state index contributed by atoms with van der Waals surface area (Å²) in [6.45, 7) is 0. The Bertz CT molecular complexity index is 821. The third kappa shape index (κ3) is 2.71. The van der Waals surface area contributed by atoms with E-state index in [2.05, 4.69) is 24.3 Å². The highest BCUT2D eigenvalue weighted by Gasteiger charge is 2.15. The van der Waals surface area contributed by atoms with Crippen molar-refractivity contribution >= 4 is 16.7 Å². The van der Waals surface area contributed by atoms with Gasteiger partial charge in [-0.15, -0.1) is 0 Å². The topological polar surface area (TPSA) is 63.3 Å². The quantitative estimate of drug-likeness (QED) is 0.773. The smallest absolute Gasteiger partial charge is 0.320 e. The molecule has 3 aromatic rings. The molecule has 0 amide bonds. The zero-order valence-electron chi connectivity index (χ0n) is 12.1. The van der Waals surface area contributed by atoms with Crippen molar-refractivity contribution in [3.05, 3.63) is 72.3 Å². The lowest BCUT2D eigenvalue weighted by Gasteiger charge is -2.14. The van der Waals surface area contributed by atoms with E-state index in [1.807, 2.05) is 42.5 Å². The molecule has 0 aliphatic carbocycles. The molecule has 3 N–H and O–H groups in total. The van der Waals surface area contributed by atoms with Crippen LogP contribution in [-0.4, -0.2) is 17.1 Å². The molecule has 0 heterocycles. The van der Waals surface area contributed by atoms with Gasteiger partial charge in [0, 0.05) is 0 Å². The molecule has 0 aromatic heterocycles. The lowest BCUT2D eigenvalue weighted by Crippen LogP contribution is -2.32. The van der Waals surface area contributed by atoms with E-state index in [-0.39, 0.29) is 0 Å². The molecule has 1 atom stereocenters. The molecule has 3 heteroatoms. The van der Waals surface area contributed by atoms with Crippen LogP contribution in [0.2, 0.25) is 0 Å². The van der Waals surface area contributed by atoms with Gasteiger partial charge >= 0.3 is 5.97 Å². The minimum absolute atomic E-state index is 0.314. The number of rotatable bonds is 4. The monoisotopic (exact) mass is 291 g/mol. The number of nitrogens with two attached hydrogens (primary N) is 1. The Balaban J connectivity index is 2.13. The molecule has 3 nitrogen and oxygen atoms in total. The molecular weight excluding hydrogens is 274 g/mol. The van der Waals surface area contributed by atoms with Crippen molar-refractivity contribution < 1.29 is 9.90 Å². The minimum Gasteiger partial charge on any atom is -0.480 e. The van der Waals surface area contributed by atoms with Crippen molar-refractivity contribution in [3.8, 4) is 11.1 Å². The summed E-state index contributed by atoms with van der Waals surface area (Å²) >= 11 is 0. The van der Waals surface area contributed by atoms with Gasteiger partial charge in [-0.3, -0.25) is 4.79 Å². The van der Waals surface area contributed by atoms with E-state index in [1.54, 1.807) is 0 Å². The number of carboxylic acid groups (broad SMARTS) is 1. The molecule has 3 rings (SSSR count). The number of benzene rings is 3. The Morgan fingerprint density at radius 1 is 0.909 bits per heavy atom. The van der Waals surface area contributed by atoms with Gasteiger partial charge in [-0.2, -0.15) is 0 Å². The second-order valence-corrected chi connectivity index (χ2v) is 5.33. The van der Waals surface area contributed by atoms with Gasteiger partial charge in [0.2, 0.25) is 0 Å². The molecular formula is C19H17NO2. The van der Waals surface area contributed by atoms with Crippen molar-refractivity contribution in [2.75, 3.05) is 0 Å². The Labute approximate surface area is 129 Å². The first-order valence-electron chi connectivity index (χ1n) is 7.21. The van der Waals surface area contributed by atoms with Crippen LogP contribution in [0.25, 0.3) is 21.9 Å². The van der Waals surface area contributed by atoms with Gasteiger partial charge in [0.1, 0.15) is 6.04 Å². The summed E-state index contributed by atoms with van der Waals surface area (Å²) in [6, 6.07) is 21.3. The van der Waals surface area contributed by atoms with Crippen LogP contribution in [0.15, 0.2) is 66.7 Å². The van der Waals surface area contributed by atoms with E-state index in [1.165, 1.54) is 0 Å². The predicted molar refractivity (Wildman–Crippen MR) is 88.7 cm³/mol. The molecule has 0 saturated carbocycles. The van der Waals surface area contributed by atoms with Crippen LogP contribution in [-0.2, 0) is 11.2 Å². The van der Waals surface area contributed by atoms with Crippen LogP contribution in [0, 0.1) is 0 Å². The summed E-state index contributed by atoms with van der Waals surface area (Å²) < 4.78 is 0. The molecule has 0 radical (unpaired) electrons. The Kier molecular flexibility index (Phi) is 3.90. The largest absolute Gasteiger partial charge is 0.480 e. The number of carbonyl (C=O) groups is 1. The maximum Gasteiger partial charge on any atom is 0.320 e. The molecule has 0 spiro atoms. The zero-order chi connectivity index (χ0) is 15.5. The van der Waals surface area contributed by atoms with Gasteiger partial charge in [-0.25, -0.2) is 0 Å². The van der Waals surface area contributed by atoms with Crippen LogP contribution in [0.5, 0.6) is 0 Å². The summed E-state index contributed by atoms with van der Waals surface area (Å²) in [7, 11) is 0. The van der Waals surface area contributed by atoms with Crippen LogP contribution >= 0.6 is 0 Å². The van der Waals surface area contributed by atoms with Crippen LogP contribution in [0.3, 0.4) is 0 Å². The second kappa shape index (κ2) is 6.00. The summed E-state index contributed by atoms with van der Waals surface area (Å²) in [5.41, 5.74) is 8.80. The fourth-order valence-corrected chi connectivity index (χ4v) is 2.75. The number of fused-ring (bicyclic) bond motifs is 1. The molecule has 0 fully saturated rings. The first-order chi connectivity index (χ1) is 10.7. The maximum atomic E-state index is 11.0. The molecule has 22 heavy (non-hydrogen) atoms. The maximum absolute atomic E-state index is 11.0. The molecule has 0 aliphatic rings. The lowest BCUT2D eigenvalue weighted by molar-refractivity contribution is -0.138. The lowest BCUT2D eigenvalue weighted by atomic mass is 9.92. The molecule has 110 valence electrons. The standard InChI is InChI=1S/C19H17NO2/c20-18(19(21)22)12-14-7-2-4-10-16(14)17-11-5-8-13-6-1-3-9-15(13)17/h1-11,18H,12,20H2,(H,21,22). The van der Waals surface area contributed by atoms with Gasteiger partial charge in [-0.05, 0) is 33.9 Å². The molecule has 3 aromatic carbocycles. The van der Waals surface area contributed by atoms with Gasteiger partial charge < -0.3 is 10.8 Å². The summed E-state index contributed by atoms with van der Waals surface area (Å²) in [5, 5.41) is 11.4. The minimum atomic E-state index is -0.979. The van der Waals surface area contributed by atoms with Crippen LogP contribution in [0.1, 0.15) is 5.56 Å². The van der Waals surface area contributed by atoms with E-state index >= 15 is 0 Å². The van der Waals surface area contributed by atoms with E-state index in [4.69, 9.17) is 10.8 Å². The number of carboxylic acids is 1. The normalized spacial score (nSPS) is 12.2. The summed E-state index contributed by atoms with van der Waals surface area (Å²) in [6.07, 6.45) is 0.314. The van der Waals surface area contributed by atoms with E-state index in [0.717, 1.165) is 27.5 Å². The molecule has 1 unspecified atom stereocenters. The highest BCUT2D eigenvalue weighted by atomic mass is 16.4. The van der Waals surface area contributed by atoms with Gasteiger partial charge in [-0.1, -0.05) is 66.7 Å². The number of hydrogen-bond acceptors (Lipinski definition) is 2.